The van der Waals surface area contributed by atoms with Crippen molar-refractivity contribution in [1.29, 1.82) is 5.26 Å². The Kier molecular flexibility index (Phi) is 7.09. The van der Waals surface area contributed by atoms with Crippen molar-refractivity contribution in [3.05, 3.63) is 53.6 Å². The number of alkyl halides is 3. The minimum atomic E-state index is -4.53. The van der Waals surface area contributed by atoms with Crippen LogP contribution in [0.15, 0.2) is 36.5 Å². The molecular weight excluding hydrogens is 459 g/mol. The number of aromatic amines is 1. The SMILES string of the molecule is CN1CC[C@@H](NC(=O)Nc2ccc(C(F)(F)F)nc2)C[C@@H]1c1nc2cc(C#N)ccc2[nH]1.Cl. The summed E-state index contributed by atoms with van der Waals surface area (Å²) < 4.78 is 37.9. The highest BCUT2D eigenvalue weighted by Crippen LogP contribution is 2.30. The number of fused-ring (bicyclic) bond motifs is 1. The lowest BCUT2D eigenvalue weighted by Gasteiger charge is -2.36. The van der Waals surface area contributed by atoms with E-state index in [0.29, 0.717) is 23.9 Å². The number of pyridine rings is 1. The highest BCUT2D eigenvalue weighted by Gasteiger charge is 2.32. The molecule has 174 valence electrons. The van der Waals surface area contributed by atoms with Crippen molar-refractivity contribution in [2.75, 3.05) is 18.9 Å². The molecule has 3 N–H and O–H groups in total. The number of nitrogens with one attached hydrogen (secondary N) is 3. The minimum absolute atomic E-state index is 0. The van der Waals surface area contributed by atoms with E-state index >= 15 is 0 Å². The van der Waals surface area contributed by atoms with E-state index in [2.05, 4.69) is 36.6 Å². The third-order valence-electron chi connectivity index (χ3n) is 5.46. The average Bonchev–Trinajstić information content (AvgIpc) is 3.17. The summed E-state index contributed by atoms with van der Waals surface area (Å²) in [6.07, 6.45) is -2.24. The van der Waals surface area contributed by atoms with Crippen LogP contribution in [-0.2, 0) is 6.18 Å². The number of carbonyl (C=O) groups is 1. The standard InChI is InChI=1S/C21H20F3N7O.ClH/c1-31-7-6-13(27-20(32)28-14-3-5-18(26-11-14)21(22,23)24)9-17(31)19-29-15-4-2-12(10-25)8-16(15)30-19;/h2-5,8,11,13,17H,6-7,9H2,1H3,(H,29,30)(H2,27,28,32);1H/t13-,17-;/m1./s1. The van der Waals surface area contributed by atoms with Gasteiger partial charge >= 0.3 is 12.2 Å². The molecular formula is C21H21ClF3N7O. The second-order valence-electron chi connectivity index (χ2n) is 7.71. The predicted molar refractivity (Wildman–Crippen MR) is 118 cm³/mol. The third-order valence-corrected chi connectivity index (χ3v) is 5.46. The normalized spacial score (nSPS) is 18.9. The van der Waals surface area contributed by atoms with Crippen molar-refractivity contribution < 1.29 is 18.0 Å². The lowest BCUT2D eigenvalue weighted by Crippen LogP contribution is -2.46. The molecule has 1 aliphatic heterocycles. The number of aromatic nitrogens is 3. The Hall–Kier alpha value is -3.36. The second kappa shape index (κ2) is 9.64. The van der Waals surface area contributed by atoms with E-state index in [4.69, 9.17) is 5.26 Å². The summed E-state index contributed by atoms with van der Waals surface area (Å²) in [6.45, 7) is 0.720. The summed E-state index contributed by atoms with van der Waals surface area (Å²) in [7, 11) is 1.97. The number of likely N-dealkylation sites (tertiary alicyclic amines) is 1. The maximum absolute atomic E-state index is 12.6. The van der Waals surface area contributed by atoms with Crippen LogP contribution in [0.1, 0.15) is 36.0 Å². The number of anilines is 1. The Morgan fingerprint density at radius 1 is 1.30 bits per heavy atom. The van der Waals surface area contributed by atoms with Gasteiger partial charge in [-0.3, -0.25) is 4.90 Å². The predicted octanol–water partition coefficient (Wildman–Crippen LogP) is 4.23. The maximum atomic E-state index is 12.6. The minimum Gasteiger partial charge on any atom is -0.341 e. The van der Waals surface area contributed by atoms with Crippen molar-refractivity contribution in [2.45, 2.75) is 31.1 Å². The zero-order chi connectivity index (χ0) is 22.9. The van der Waals surface area contributed by atoms with Crippen molar-refractivity contribution in [3.8, 4) is 6.07 Å². The summed E-state index contributed by atoms with van der Waals surface area (Å²) in [5.41, 5.74) is 1.21. The quantitative estimate of drug-likeness (QED) is 0.521. The summed E-state index contributed by atoms with van der Waals surface area (Å²) in [4.78, 5) is 25.7. The van der Waals surface area contributed by atoms with E-state index < -0.39 is 17.9 Å². The molecule has 0 radical (unpaired) electrons. The van der Waals surface area contributed by atoms with Crippen LogP contribution in [-0.4, -0.2) is 45.5 Å². The van der Waals surface area contributed by atoms with Crippen molar-refractivity contribution in [1.82, 2.24) is 25.2 Å². The van der Waals surface area contributed by atoms with Gasteiger partial charge in [0.25, 0.3) is 0 Å². The number of H-pyrrole nitrogens is 1. The third kappa shape index (κ3) is 5.53. The van der Waals surface area contributed by atoms with Gasteiger partial charge in [0, 0.05) is 12.6 Å². The first kappa shape index (κ1) is 24.3. The largest absolute Gasteiger partial charge is 0.433 e. The van der Waals surface area contributed by atoms with Crippen LogP contribution in [0, 0.1) is 11.3 Å². The molecule has 2 aromatic heterocycles. The van der Waals surface area contributed by atoms with Crippen LogP contribution in [0.5, 0.6) is 0 Å². The Morgan fingerprint density at radius 2 is 2.09 bits per heavy atom. The molecule has 2 amide bonds. The van der Waals surface area contributed by atoms with Crippen molar-refractivity contribution >= 4 is 35.2 Å². The van der Waals surface area contributed by atoms with Gasteiger partial charge in [-0.2, -0.15) is 18.4 Å². The molecule has 0 bridgehead atoms. The monoisotopic (exact) mass is 479 g/mol. The Labute approximate surface area is 193 Å². The molecule has 0 aliphatic carbocycles. The van der Waals surface area contributed by atoms with Crippen LogP contribution in [0.4, 0.5) is 23.7 Å². The van der Waals surface area contributed by atoms with E-state index in [-0.39, 0.29) is 30.2 Å². The molecule has 0 saturated carbocycles. The topological polar surface area (TPSA) is 110 Å². The summed E-state index contributed by atoms with van der Waals surface area (Å²) in [6, 6.07) is 8.61. The number of benzene rings is 1. The van der Waals surface area contributed by atoms with Gasteiger partial charge in [-0.15, -0.1) is 12.4 Å². The molecule has 2 atom stereocenters. The lowest BCUT2D eigenvalue weighted by molar-refractivity contribution is -0.141. The summed E-state index contributed by atoms with van der Waals surface area (Å²) in [5.74, 6) is 0.747. The van der Waals surface area contributed by atoms with Gasteiger partial charge in [-0.05, 0) is 50.2 Å². The van der Waals surface area contributed by atoms with Gasteiger partial charge in [0.05, 0.1) is 40.6 Å². The molecule has 3 heterocycles. The smallest absolute Gasteiger partial charge is 0.341 e. The molecule has 4 rings (SSSR count). The number of nitriles is 1. The number of amides is 2. The summed E-state index contributed by atoms with van der Waals surface area (Å²) >= 11 is 0. The molecule has 1 saturated heterocycles. The zero-order valence-electron chi connectivity index (χ0n) is 17.5. The van der Waals surface area contributed by atoms with Crippen molar-refractivity contribution in [2.24, 2.45) is 0 Å². The number of hydrogen-bond donors (Lipinski definition) is 3. The van der Waals surface area contributed by atoms with Gasteiger partial charge < -0.3 is 15.6 Å². The van der Waals surface area contributed by atoms with E-state index in [9.17, 15) is 18.0 Å². The van der Waals surface area contributed by atoms with Crippen LogP contribution < -0.4 is 10.6 Å². The van der Waals surface area contributed by atoms with E-state index in [0.717, 1.165) is 36.2 Å². The number of urea groups is 1. The molecule has 1 fully saturated rings. The summed E-state index contributed by atoms with van der Waals surface area (Å²) in [5, 5.41) is 14.5. The number of nitrogens with zero attached hydrogens (tertiary/aromatic N) is 4. The number of piperidine rings is 1. The second-order valence-corrected chi connectivity index (χ2v) is 7.71. The van der Waals surface area contributed by atoms with Gasteiger partial charge in [0.1, 0.15) is 11.5 Å². The first-order valence-corrected chi connectivity index (χ1v) is 9.93. The highest BCUT2D eigenvalue weighted by molar-refractivity contribution is 5.89. The Bertz CT molecular complexity index is 1170. The highest BCUT2D eigenvalue weighted by atomic mass is 35.5. The Balaban J connectivity index is 0.00000306. The van der Waals surface area contributed by atoms with Crippen molar-refractivity contribution in [3.63, 3.8) is 0 Å². The van der Waals surface area contributed by atoms with Gasteiger partial charge in [0.15, 0.2) is 0 Å². The van der Waals surface area contributed by atoms with E-state index in [1.54, 1.807) is 12.1 Å². The Morgan fingerprint density at radius 3 is 2.76 bits per heavy atom. The molecule has 8 nitrogen and oxygen atoms in total. The molecule has 12 heteroatoms. The van der Waals surface area contributed by atoms with E-state index in [1.165, 1.54) is 0 Å². The fourth-order valence-corrected chi connectivity index (χ4v) is 3.78. The maximum Gasteiger partial charge on any atom is 0.433 e. The first-order valence-electron chi connectivity index (χ1n) is 9.93. The number of hydrogen-bond acceptors (Lipinski definition) is 5. The number of rotatable bonds is 3. The fourth-order valence-electron chi connectivity index (χ4n) is 3.78. The molecule has 0 spiro atoms. The number of halogens is 4. The zero-order valence-corrected chi connectivity index (χ0v) is 18.3. The molecule has 3 aromatic rings. The van der Waals surface area contributed by atoms with E-state index in [1.807, 2.05) is 13.1 Å². The van der Waals surface area contributed by atoms with Crippen LogP contribution in [0.2, 0.25) is 0 Å². The number of carbonyl (C=O) groups excluding carboxylic acids is 1. The fraction of sp³-hybridized carbons (Fsp3) is 0.333. The molecule has 1 aromatic carbocycles. The van der Waals surface area contributed by atoms with Gasteiger partial charge in [-0.25, -0.2) is 14.8 Å². The average molecular weight is 480 g/mol. The van der Waals surface area contributed by atoms with Gasteiger partial charge in [0.2, 0.25) is 0 Å². The number of imidazole rings is 1. The van der Waals surface area contributed by atoms with Gasteiger partial charge in [-0.1, -0.05) is 0 Å². The first-order chi connectivity index (χ1) is 15.2. The lowest BCUT2D eigenvalue weighted by atomic mass is 9.97. The van der Waals surface area contributed by atoms with Crippen LogP contribution >= 0.6 is 12.4 Å². The molecule has 33 heavy (non-hydrogen) atoms. The van der Waals surface area contributed by atoms with Crippen LogP contribution in [0.25, 0.3) is 11.0 Å². The molecule has 0 unspecified atom stereocenters. The van der Waals surface area contributed by atoms with Crippen LogP contribution in [0.3, 0.4) is 0 Å². The molecule has 1 aliphatic rings.